The van der Waals surface area contributed by atoms with Crippen LogP contribution in [0.4, 0.5) is 5.69 Å². The Hall–Kier alpha value is -2.47. The van der Waals surface area contributed by atoms with Crippen molar-refractivity contribution in [1.82, 2.24) is 9.55 Å². The first-order valence-electron chi connectivity index (χ1n) is 11.5. The zero-order valence-corrected chi connectivity index (χ0v) is 21.1. The van der Waals surface area contributed by atoms with Crippen LogP contribution < -0.4 is 15.3 Å². The van der Waals surface area contributed by atoms with Crippen molar-refractivity contribution in [3.8, 4) is 0 Å². The number of nitrogens with one attached hydrogen (secondary N) is 1. The first kappa shape index (κ1) is 23.0. The number of fused-ring (bicyclic) bond motifs is 6. The topological polar surface area (TPSA) is 124 Å². The van der Waals surface area contributed by atoms with E-state index in [4.69, 9.17) is 5.14 Å². The van der Waals surface area contributed by atoms with Crippen LogP contribution in [-0.2, 0) is 21.4 Å². The van der Waals surface area contributed by atoms with E-state index in [1.807, 2.05) is 12.3 Å². The minimum absolute atomic E-state index is 0.0307. The van der Waals surface area contributed by atoms with Gasteiger partial charge in [0.1, 0.15) is 6.54 Å². The van der Waals surface area contributed by atoms with Crippen LogP contribution in [-0.4, -0.2) is 29.1 Å². The number of thiazole rings is 1. The molecule has 3 aliphatic rings. The summed E-state index contributed by atoms with van der Waals surface area (Å²) in [6.45, 7) is -0.0974. The van der Waals surface area contributed by atoms with Crippen molar-refractivity contribution in [1.29, 1.82) is 0 Å². The third-order valence-corrected chi connectivity index (χ3v) is 11.3. The van der Waals surface area contributed by atoms with Gasteiger partial charge < -0.3 is 5.32 Å². The second kappa shape index (κ2) is 8.58. The van der Waals surface area contributed by atoms with Crippen LogP contribution in [0.5, 0.6) is 0 Å². The minimum atomic E-state index is -3.81. The molecule has 11 heteroatoms. The molecule has 3 heterocycles. The Morgan fingerprint density at radius 1 is 1.17 bits per heavy atom. The maximum Gasteiger partial charge on any atom is 0.308 e. The zero-order chi connectivity index (χ0) is 24.3. The van der Waals surface area contributed by atoms with Crippen LogP contribution in [0, 0.1) is 17.8 Å². The number of primary sulfonamides is 1. The van der Waals surface area contributed by atoms with Crippen LogP contribution in [0.3, 0.4) is 0 Å². The summed E-state index contributed by atoms with van der Waals surface area (Å²) < 4.78 is 24.5. The highest BCUT2D eigenvalue weighted by Crippen LogP contribution is 2.63. The zero-order valence-electron chi connectivity index (χ0n) is 18.7. The number of anilines is 1. The highest BCUT2D eigenvalue weighted by atomic mass is 32.2. The smallest absolute Gasteiger partial charge is 0.308 e. The molecule has 2 aromatic heterocycles. The first-order valence-corrected chi connectivity index (χ1v) is 14.8. The van der Waals surface area contributed by atoms with E-state index in [1.54, 1.807) is 22.5 Å². The quantitative estimate of drug-likeness (QED) is 0.524. The molecule has 1 amide bonds. The molecule has 3 aromatic rings. The molecule has 2 fully saturated rings. The fourth-order valence-electron chi connectivity index (χ4n) is 6.09. The molecule has 4 unspecified atom stereocenters. The number of carbonyl (C=O) groups excluding carboxylic acids is 1. The SMILES string of the molecule is NS(=O)(=O)c1ccc(NC(=O)Cn2c3c(sc2=O)[C@H](c2cccnc2)C2C4CCC(C4)C2S3)cc1. The maximum absolute atomic E-state index is 13.1. The van der Waals surface area contributed by atoms with Gasteiger partial charge in [-0.1, -0.05) is 17.4 Å². The summed E-state index contributed by atoms with van der Waals surface area (Å²) in [5.74, 6) is 1.60. The lowest BCUT2D eigenvalue weighted by Crippen LogP contribution is -2.34. The number of nitrogens with two attached hydrogens (primary N) is 1. The summed E-state index contributed by atoms with van der Waals surface area (Å²) in [5.41, 5.74) is 1.58. The molecular weight excluding hydrogens is 504 g/mol. The van der Waals surface area contributed by atoms with Gasteiger partial charge in [0.05, 0.1) is 9.92 Å². The summed E-state index contributed by atoms with van der Waals surface area (Å²) in [6.07, 6.45) is 7.42. The van der Waals surface area contributed by atoms with E-state index in [0.29, 0.717) is 28.7 Å². The van der Waals surface area contributed by atoms with E-state index in [2.05, 4.69) is 16.4 Å². The van der Waals surface area contributed by atoms with Gasteiger partial charge in [0.2, 0.25) is 15.9 Å². The highest BCUT2D eigenvalue weighted by Gasteiger charge is 2.55. The van der Waals surface area contributed by atoms with E-state index < -0.39 is 10.0 Å². The van der Waals surface area contributed by atoms with E-state index in [9.17, 15) is 18.0 Å². The fourth-order valence-corrected chi connectivity index (χ4v) is 9.76. The number of benzene rings is 1. The number of hydrogen-bond donors (Lipinski definition) is 2. The van der Waals surface area contributed by atoms with Crippen LogP contribution >= 0.6 is 23.1 Å². The van der Waals surface area contributed by atoms with Crippen LogP contribution in [0.1, 0.15) is 35.6 Å². The molecule has 35 heavy (non-hydrogen) atoms. The van der Waals surface area contributed by atoms with E-state index in [1.165, 1.54) is 54.9 Å². The van der Waals surface area contributed by atoms with Gasteiger partial charge in [0.15, 0.2) is 0 Å². The second-order valence-electron chi connectivity index (χ2n) is 9.50. The average Bonchev–Trinajstić information content (AvgIpc) is 3.52. The Bertz CT molecular complexity index is 1450. The highest BCUT2D eigenvalue weighted by molar-refractivity contribution is 8.00. The van der Waals surface area contributed by atoms with Crippen molar-refractivity contribution in [2.75, 3.05) is 5.32 Å². The molecule has 5 atom stereocenters. The summed E-state index contributed by atoms with van der Waals surface area (Å²) in [4.78, 5) is 31.2. The average molecular weight is 529 g/mol. The number of sulfonamides is 1. The third kappa shape index (κ3) is 4.04. The molecule has 182 valence electrons. The van der Waals surface area contributed by atoms with Crippen molar-refractivity contribution in [3.63, 3.8) is 0 Å². The van der Waals surface area contributed by atoms with Crippen LogP contribution in [0.25, 0.3) is 0 Å². The van der Waals surface area contributed by atoms with Crippen LogP contribution in [0.2, 0.25) is 0 Å². The van der Waals surface area contributed by atoms with Gasteiger partial charge in [0.25, 0.3) is 0 Å². The Morgan fingerprint density at radius 3 is 2.66 bits per heavy atom. The molecule has 1 aliphatic heterocycles. The molecule has 8 nitrogen and oxygen atoms in total. The Balaban J connectivity index is 1.30. The predicted molar refractivity (Wildman–Crippen MR) is 135 cm³/mol. The van der Waals surface area contributed by atoms with Crippen molar-refractivity contribution < 1.29 is 13.2 Å². The number of amides is 1. The van der Waals surface area contributed by atoms with E-state index in [-0.39, 0.29) is 28.1 Å². The largest absolute Gasteiger partial charge is 0.325 e. The van der Waals surface area contributed by atoms with Gasteiger partial charge in [0, 0.05) is 34.1 Å². The van der Waals surface area contributed by atoms with Gasteiger partial charge >= 0.3 is 4.87 Å². The minimum Gasteiger partial charge on any atom is -0.325 e. The standard InChI is InChI=1S/C24H24N4O4S3/c25-35(31,32)17-7-5-16(6-8-17)27-18(29)12-28-23-22(34-24(28)30)20(15-2-1-9-26-11-15)19-13-3-4-14(10-13)21(19)33-23/h1-2,5-9,11,13-14,19-21H,3-4,10,12H2,(H,27,29)(H2,25,31,32)/t13?,14?,19?,20-,21?/m1/s1. The summed E-state index contributed by atoms with van der Waals surface area (Å²) in [6, 6.07) is 9.70. The molecule has 0 saturated heterocycles. The number of pyridine rings is 1. The Morgan fingerprint density at radius 2 is 1.94 bits per heavy atom. The van der Waals surface area contributed by atoms with Crippen molar-refractivity contribution in [2.24, 2.45) is 22.9 Å². The summed E-state index contributed by atoms with van der Waals surface area (Å²) in [7, 11) is -3.81. The number of thioether (sulfide) groups is 1. The third-order valence-electron chi connectivity index (χ3n) is 7.50. The van der Waals surface area contributed by atoms with E-state index >= 15 is 0 Å². The molecular formula is C24H24N4O4S3. The van der Waals surface area contributed by atoms with Gasteiger partial charge in [-0.05, 0) is 72.9 Å². The second-order valence-corrected chi connectivity index (χ2v) is 13.2. The molecule has 6 rings (SSSR count). The Kier molecular flexibility index (Phi) is 5.63. The Labute approximate surface area is 211 Å². The number of hydrogen-bond acceptors (Lipinski definition) is 7. The number of aromatic nitrogens is 2. The fraction of sp³-hybridized carbons (Fsp3) is 0.375. The molecule has 0 spiro atoms. The summed E-state index contributed by atoms with van der Waals surface area (Å²) in [5, 5.41) is 9.24. The maximum atomic E-state index is 13.1. The molecule has 1 aromatic carbocycles. The summed E-state index contributed by atoms with van der Waals surface area (Å²) >= 11 is 3.03. The van der Waals surface area contributed by atoms with Crippen molar-refractivity contribution in [2.45, 2.75) is 46.9 Å². The monoisotopic (exact) mass is 528 g/mol. The lowest BCUT2D eigenvalue weighted by atomic mass is 9.75. The molecule has 2 aliphatic carbocycles. The van der Waals surface area contributed by atoms with Crippen molar-refractivity contribution >= 4 is 44.7 Å². The van der Waals surface area contributed by atoms with E-state index in [0.717, 1.165) is 15.5 Å². The van der Waals surface area contributed by atoms with Gasteiger partial charge in [-0.3, -0.25) is 19.1 Å². The normalized spacial score (nSPS) is 26.8. The molecule has 2 bridgehead atoms. The molecule has 3 N–H and O–H groups in total. The van der Waals surface area contributed by atoms with Gasteiger partial charge in [-0.2, -0.15) is 0 Å². The molecule has 2 saturated carbocycles. The number of rotatable bonds is 5. The van der Waals surface area contributed by atoms with Gasteiger partial charge in [-0.15, -0.1) is 11.8 Å². The number of nitrogens with zero attached hydrogens (tertiary/aromatic N) is 2. The first-order chi connectivity index (χ1) is 16.8. The lowest BCUT2D eigenvalue weighted by Gasteiger charge is -2.40. The van der Waals surface area contributed by atoms with Crippen molar-refractivity contribution in [3.05, 3.63) is 68.9 Å². The van der Waals surface area contributed by atoms with Crippen LogP contribution in [0.15, 0.2) is 63.5 Å². The molecule has 0 radical (unpaired) electrons. The lowest BCUT2D eigenvalue weighted by molar-refractivity contribution is -0.116. The predicted octanol–water partition coefficient (Wildman–Crippen LogP) is 3.24. The number of carbonyl (C=O) groups is 1. The van der Waals surface area contributed by atoms with Gasteiger partial charge in [-0.25, -0.2) is 13.6 Å².